The van der Waals surface area contributed by atoms with Gasteiger partial charge < -0.3 is 5.32 Å². The maximum absolute atomic E-state index is 11.9. The summed E-state index contributed by atoms with van der Waals surface area (Å²) < 4.78 is 0.920. The van der Waals surface area contributed by atoms with Crippen LogP contribution >= 0.6 is 22.6 Å². The van der Waals surface area contributed by atoms with Gasteiger partial charge in [-0.15, -0.1) is 0 Å². The highest BCUT2D eigenvalue weighted by molar-refractivity contribution is 14.1. The summed E-state index contributed by atoms with van der Waals surface area (Å²) in [4.78, 5) is 27.7. The molecule has 21 heavy (non-hydrogen) atoms. The lowest BCUT2D eigenvalue weighted by molar-refractivity contribution is -0.110. The maximum Gasteiger partial charge on any atom is 0.276 e. The zero-order chi connectivity index (χ0) is 14.8. The minimum absolute atomic E-state index is 0.200. The van der Waals surface area contributed by atoms with E-state index in [2.05, 4.69) is 43.4 Å². The van der Waals surface area contributed by atoms with Gasteiger partial charge in [-0.25, -0.2) is 5.43 Å². The fourth-order valence-electron chi connectivity index (χ4n) is 1.93. The molecule has 0 spiro atoms. The summed E-state index contributed by atoms with van der Waals surface area (Å²) in [5.74, 6) is -0.721. The Labute approximate surface area is 133 Å². The van der Waals surface area contributed by atoms with Crippen molar-refractivity contribution in [2.75, 3.05) is 5.32 Å². The average Bonchev–Trinajstić information content (AvgIpc) is 2.83. The third kappa shape index (κ3) is 2.64. The largest absolute Gasteiger partial charge is 0.319 e. The number of halogens is 1. The number of hydrogen-bond donors (Lipinski definition) is 2. The third-order valence-corrected chi connectivity index (χ3v) is 3.83. The summed E-state index contributed by atoms with van der Waals surface area (Å²) in [6.45, 7) is 0. The first-order valence-corrected chi connectivity index (χ1v) is 7.13. The standard InChI is InChI=1S/C14H9IN4O2/c15-10-3-1-2-9-11(10)17-14(21)12(9)18-19-13(20)8-4-6-16-7-5-8/h1-7H,(H,19,20)(H,17,18,21). The van der Waals surface area contributed by atoms with E-state index in [9.17, 15) is 9.59 Å². The number of amides is 2. The van der Waals surface area contributed by atoms with E-state index in [-0.39, 0.29) is 11.6 Å². The van der Waals surface area contributed by atoms with Crippen LogP contribution in [0, 0.1) is 3.57 Å². The first-order chi connectivity index (χ1) is 10.2. The van der Waals surface area contributed by atoms with Gasteiger partial charge in [0.15, 0.2) is 5.71 Å². The molecule has 1 aromatic carbocycles. The molecule has 104 valence electrons. The normalized spacial score (nSPS) is 14.7. The fourth-order valence-corrected chi connectivity index (χ4v) is 2.56. The molecule has 0 bridgehead atoms. The van der Waals surface area contributed by atoms with E-state index in [1.54, 1.807) is 18.2 Å². The zero-order valence-electron chi connectivity index (χ0n) is 10.6. The predicted octanol–water partition coefficient (Wildman–Crippen LogP) is 1.77. The summed E-state index contributed by atoms with van der Waals surface area (Å²) in [7, 11) is 0. The minimum Gasteiger partial charge on any atom is -0.319 e. The number of hydrogen-bond acceptors (Lipinski definition) is 4. The molecular weight excluding hydrogens is 383 g/mol. The van der Waals surface area contributed by atoms with Crippen molar-refractivity contribution in [3.8, 4) is 0 Å². The molecule has 1 aliphatic heterocycles. The average molecular weight is 392 g/mol. The number of pyridine rings is 1. The van der Waals surface area contributed by atoms with E-state index in [0.717, 1.165) is 9.26 Å². The lowest BCUT2D eigenvalue weighted by Gasteiger charge is -2.01. The van der Waals surface area contributed by atoms with Gasteiger partial charge in [0.1, 0.15) is 0 Å². The molecule has 7 heteroatoms. The lowest BCUT2D eigenvalue weighted by atomic mass is 10.1. The van der Waals surface area contributed by atoms with Gasteiger partial charge in [0.05, 0.1) is 5.69 Å². The Morgan fingerprint density at radius 2 is 2.00 bits per heavy atom. The van der Waals surface area contributed by atoms with Crippen LogP contribution in [0.25, 0.3) is 0 Å². The summed E-state index contributed by atoms with van der Waals surface area (Å²) in [6.07, 6.45) is 3.03. The number of fused-ring (bicyclic) bond motifs is 1. The van der Waals surface area contributed by atoms with Gasteiger partial charge in [-0.05, 0) is 40.8 Å². The van der Waals surface area contributed by atoms with Crippen LogP contribution in [0.3, 0.4) is 0 Å². The summed E-state index contributed by atoms with van der Waals surface area (Å²) in [5, 5.41) is 6.69. The highest BCUT2D eigenvalue weighted by Gasteiger charge is 2.27. The molecule has 0 saturated carbocycles. The first kappa shape index (κ1) is 13.7. The van der Waals surface area contributed by atoms with E-state index >= 15 is 0 Å². The van der Waals surface area contributed by atoms with E-state index < -0.39 is 5.91 Å². The quantitative estimate of drug-likeness (QED) is 0.604. The molecule has 2 N–H and O–H groups in total. The SMILES string of the molecule is O=C1Nc2c(I)cccc2/C1=N/NC(=O)c1ccncc1. The van der Waals surface area contributed by atoms with Crippen molar-refractivity contribution in [1.82, 2.24) is 10.4 Å². The second-order valence-corrected chi connectivity index (χ2v) is 5.42. The lowest BCUT2D eigenvalue weighted by Crippen LogP contribution is -2.23. The number of nitrogens with zero attached hydrogens (tertiary/aromatic N) is 2. The zero-order valence-corrected chi connectivity index (χ0v) is 12.8. The van der Waals surface area contributed by atoms with Crippen LogP contribution in [-0.2, 0) is 4.79 Å². The molecule has 1 aliphatic rings. The van der Waals surface area contributed by atoms with Crippen molar-refractivity contribution in [2.45, 2.75) is 0 Å². The van der Waals surface area contributed by atoms with Crippen molar-refractivity contribution in [2.24, 2.45) is 5.10 Å². The summed E-state index contributed by atoms with van der Waals surface area (Å²) in [5.41, 5.74) is 4.42. The molecular formula is C14H9IN4O2. The van der Waals surface area contributed by atoms with Crippen molar-refractivity contribution < 1.29 is 9.59 Å². The van der Waals surface area contributed by atoms with Crippen molar-refractivity contribution >= 4 is 45.8 Å². The Hall–Kier alpha value is -2.29. The first-order valence-electron chi connectivity index (χ1n) is 6.05. The second-order valence-electron chi connectivity index (χ2n) is 4.25. The molecule has 2 aromatic rings. The number of hydrazone groups is 1. The molecule has 0 unspecified atom stereocenters. The molecule has 0 fully saturated rings. The van der Waals surface area contributed by atoms with Crippen LogP contribution in [0.2, 0.25) is 0 Å². The number of carbonyl (C=O) groups excluding carboxylic acids is 2. The highest BCUT2D eigenvalue weighted by Crippen LogP contribution is 2.28. The van der Waals surface area contributed by atoms with Gasteiger partial charge in [0.25, 0.3) is 11.8 Å². The van der Waals surface area contributed by atoms with E-state index in [1.165, 1.54) is 12.4 Å². The van der Waals surface area contributed by atoms with Gasteiger partial charge in [-0.1, -0.05) is 12.1 Å². The molecule has 0 radical (unpaired) electrons. The van der Waals surface area contributed by atoms with Crippen LogP contribution in [0.4, 0.5) is 5.69 Å². The summed E-state index contributed by atoms with van der Waals surface area (Å²) in [6, 6.07) is 8.65. The van der Waals surface area contributed by atoms with E-state index in [1.807, 2.05) is 12.1 Å². The number of aromatic nitrogens is 1. The second kappa shape index (κ2) is 5.60. The highest BCUT2D eigenvalue weighted by atomic mass is 127. The Kier molecular flexibility index (Phi) is 3.65. The van der Waals surface area contributed by atoms with Crippen LogP contribution in [-0.4, -0.2) is 22.5 Å². The number of anilines is 1. The van der Waals surface area contributed by atoms with Crippen LogP contribution in [0.15, 0.2) is 47.8 Å². The molecule has 6 nitrogen and oxygen atoms in total. The van der Waals surface area contributed by atoms with Crippen molar-refractivity contribution in [3.63, 3.8) is 0 Å². The molecule has 2 amide bonds. The molecule has 0 aliphatic carbocycles. The summed E-state index contributed by atoms with van der Waals surface area (Å²) >= 11 is 2.13. The predicted molar refractivity (Wildman–Crippen MR) is 86.0 cm³/mol. The Bertz CT molecular complexity index is 759. The van der Waals surface area contributed by atoms with Crippen LogP contribution < -0.4 is 10.7 Å². The van der Waals surface area contributed by atoms with Crippen LogP contribution in [0.1, 0.15) is 15.9 Å². The van der Waals surface area contributed by atoms with Gasteiger partial charge in [-0.3, -0.25) is 14.6 Å². The minimum atomic E-state index is -0.392. The third-order valence-electron chi connectivity index (χ3n) is 2.93. The molecule has 3 rings (SSSR count). The van der Waals surface area contributed by atoms with E-state index in [0.29, 0.717) is 11.1 Å². The Morgan fingerprint density at radius 1 is 1.24 bits per heavy atom. The number of para-hydroxylation sites is 1. The number of benzene rings is 1. The van der Waals surface area contributed by atoms with Crippen LogP contribution in [0.5, 0.6) is 0 Å². The fraction of sp³-hybridized carbons (Fsp3) is 0. The Morgan fingerprint density at radius 3 is 2.76 bits per heavy atom. The molecule has 0 saturated heterocycles. The van der Waals surface area contributed by atoms with Crippen molar-refractivity contribution in [1.29, 1.82) is 0 Å². The monoisotopic (exact) mass is 392 g/mol. The molecule has 2 heterocycles. The number of nitrogens with one attached hydrogen (secondary N) is 2. The van der Waals surface area contributed by atoms with Gasteiger partial charge in [0.2, 0.25) is 0 Å². The molecule has 1 aromatic heterocycles. The number of rotatable bonds is 2. The smallest absolute Gasteiger partial charge is 0.276 e. The van der Waals surface area contributed by atoms with Gasteiger partial charge in [0, 0.05) is 27.1 Å². The topological polar surface area (TPSA) is 83.5 Å². The number of carbonyl (C=O) groups is 2. The molecule has 0 atom stereocenters. The maximum atomic E-state index is 11.9. The van der Waals surface area contributed by atoms with Crippen molar-refractivity contribution in [3.05, 3.63) is 57.4 Å². The van der Waals surface area contributed by atoms with Gasteiger partial charge >= 0.3 is 0 Å². The van der Waals surface area contributed by atoms with E-state index in [4.69, 9.17) is 0 Å². The Balaban J connectivity index is 1.87. The van der Waals surface area contributed by atoms with Gasteiger partial charge in [-0.2, -0.15) is 5.10 Å².